The number of aliphatic hydroxyl groups is 1. The van der Waals surface area contributed by atoms with E-state index in [4.69, 9.17) is 14.9 Å². The molecule has 0 unspecified atom stereocenters. The molecule has 0 aliphatic heterocycles. The van der Waals surface area contributed by atoms with Crippen LogP contribution in [0.2, 0.25) is 0 Å². The Morgan fingerprint density at radius 2 is 1.81 bits per heavy atom. The van der Waals surface area contributed by atoms with Crippen LogP contribution < -0.4 is 5.32 Å². The summed E-state index contributed by atoms with van der Waals surface area (Å²) in [6, 6.07) is 0. The summed E-state index contributed by atoms with van der Waals surface area (Å²) in [5.74, 6) is -0.832. The molecule has 0 saturated carbocycles. The van der Waals surface area contributed by atoms with Crippen LogP contribution >= 0.6 is 0 Å². The molecule has 16 heavy (non-hydrogen) atoms. The number of rotatable bonds is 8. The van der Waals surface area contributed by atoms with E-state index in [0.29, 0.717) is 19.8 Å². The van der Waals surface area contributed by atoms with E-state index >= 15 is 0 Å². The lowest BCUT2D eigenvalue weighted by Gasteiger charge is -2.39. The van der Waals surface area contributed by atoms with Gasteiger partial charge in [0.2, 0.25) is 0 Å². The van der Waals surface area contributed by atoms with E-state index < -0.39 is 16.9 Å². The molecule has 0 atom stereocenters. The topological polar surface area (TPSA) is 78.8 Å². The van der Waals surface area contributed by atoms with Crippen LogP contribution in [-0.2, 0) is 9.53 Å². The minimum atomic E-state index is -0.857. The Labute approximate surface area is 96.8 Å². The molecule has 5 heteroatoms. The first kappa shape index (κ1) is 15.3. The maximum Gasteiger partial charge on any atom is 0.310 e. The molecule has 0 aromatic rings. The molecule has 5 nitrogen and oxygen atoms in total. The van der Waals surface area contributed by atoms with Crippen LogP contribution in [0.5, 0.6) is 0 Å². The number of carbonyl (C=O) groups is 1. The van der Waals surface area contributed by atoms with E-state index in [-0.39, 0.29) is 6.61 Å². The van der Waals surface area contributed by atoms with E-state index in [9.17, 15) is 4.79 Å². The first-order valence-electron chi connectivity index (χ1n) is 5.42. The van der Waals surface area contributed by atoms with Crippen molar-refractivity contribution in [3.63, 3.8) is 0 Å². The number of hydrogen-bond acceptors (Lipinski definition) is 4. The molecule has 96 valence electrons. The maximum absolute atomic E-state index is 11.1. The third-order valence-corrected chi connectivity index (χ3v) is 3.15. The average Bonchev–Trinajstić information content (AvgIpc) is 2.16. The quantitative estimate of drug-likeness (QED) is 0.531. The smallest absolute Gasteiger partial charge is 0.310 e. The zero-order chi connectivity index (χ0) is 12.8. The summed E-state index contributed by atoms with van der Waals surface area (Å²) < 4.78 is 5.09. The highest BCUT2D eigenvalue weighted by Crippen LogP contribution is 2.30. The fraction of sp³-hybridized carbons (Fsp3) is 0.909. The molecule has 0 aliphatic carbocycles. The van der Waals surface area contributed by atoms with Gasteiger partial charge in [-0.2, -0.15) is 0 Å². The van der Waals surface area contributed by atoms with Gasteiger partial charge in [0.25, 0.3) is 0 Å². The molecule has 0 aliphatic rings. The second-order valence-corrected chi connectivity index (χ2v) is 4.82. The number of aliphatic carboxylic acids is 1. The Morgan fingerprint density at radius 1 is 1.25 bits per heavy atom. The third-order valence-electron chi connectivity index (χ3n) is 3.15. The number of carboxylic acid groups (broad SMARTS) is 1. The lowest BCUT2D eigenvalue weighted by molar-refractivity contribution is -0.151. The minimum absolute atomic E-state index is 0.00398. The predicted molar refractivity (Wildman–Crippen MR) is 61.4 cm³/mol. The van der Waals surface area contributed by atoms with E-state index in [1.165, 1.54) is 0 Å². The summed E-state index contributed by atoms with van der Waals surface area (Å²) in [5.41, 5.74) is -1.38. The van der Waals surface area contributed by atoms with Crippen molar-refractivity contribution in [3.8, 4) is 0 Å². The first-order valence-corrected chi connectivity index (χ1v) is 5.42. The molecule has 0 aromatic carbocycles. The number of ether oxygens (including phenoxy) is 1. The molecule has 0 amide bonds. The zero-order valence-corrected chi connectivity index (χ0v) is 10.5. The van der Waals surface area contributed by atoms with Gasteiger partial charge in [-0.05, 0) is 27.7 Å². The number of hydrogen-bond donors (Lipinski definition) is 3. The normalized spacial score (nSPS) is 12.8. The van der Waals surface area contributed by atoms with Gasteiger partial charge in [0.15, 0.2) is 0 Å². The van der Waals surface area contributed by atoms with Crippen LogP contribution in [0.25, 0.3) is 0 Å². The largest absolute Gasteiger partial charge is 0.481 e. The molecule has 0 spiro atoms. The lowest BCUT2D eigenvalue weighted by Crippen LogP contribution is -2.55. The first-order chi connectivity index (χ1) is 7.25. The van der Waals surface area contributed by atoms with Crippen molar-refractivity contribution in [3.05, 3.63) is 0 Å². The molecule has 3 N–H and O–H groups in total. The molecule has 0 saturated heterocycles. The fourth-order valence-electron chi connectivity index (χ4n) is 1.09. The summed E-state index contributed by atoms with van der Waals surface area (Å²) in [5, 5.41) is 20.8. The molecular weight excluding hydrogens is 210 g/mol. The molecule has 0 aromatic heterocycles. The second kappa shape index (κ2) is 6.18. The lowest BCUT2D eigenvalue weighted by atomic mass is 9.74. The van der Waals surface area contributed by atoms with Gasteiger partial charge in [-0.1, -0.05) is 0 Å². The van der Waals surface area contributed by atoms with Crippen LogP contribution in [0, 0.1) is 5.41 Å². The Hall–Kier alpha value is -0.650. The summed E-state index contributed by atoms with van der Waals surface area (Å²) in [6.07, 6.45) is 0. The number of nitrogens with one attached hydrogen (secondary N) is 1. The Bertz CT molecular complexity index is 226. The number of aliphatic hydroxyl groups excluding tert-OH is 1. The van der Waals surface area contributed by atoms with Crippen molar-refractivity contribution < 1.29 is 19.7 Å². The van der Waals surface area contributed by atoms with E-state index in [2.05, 4.69) is 5.32 Å². The van der Waals surface area contributed by atoms with Crippen LogP contribution in [-0.4, -0.2) is 48.1 Å². The molecule has 0 radical (unpaired) electrons. The van der Waals surface area contributed by atoms with Gasteiger partial charge < -0.3 is 20.3 Å². The van der Waals surface area contributed by atoms with Gasteiger partial charge in [0.05, 0.1) is 25.2 Å². The monoisotopic (exact) mass is 233 g/mol. The van der Waals surface area contributed by atoms with Crippen molar-refractivity contribution in [2.24, 2.45) is 5.41 Å². The zero-order valence-electron chi connectivity index (χ0n) is 10.5. The van der Waals surface area contributed by atoms with Crippen LogP contribution in [0.4, 0.5) is 0 Å². The van der Waals surface area contributed by atoms with Crippen molar-refractivity contribution in [1.29, 1.82) is 0 Å². The van der Waals surface area contributed by atoms with Gasteiger partial charge in [0, 0.05) is 12.1 Å². The summed E-state index contributed by atoms with van der Waals surface area (Å²) in [4.78, 5) is 11.1. The predicted octanol–water partition coefficient (Wildman–Crippen LogP) is 0.474. The van der Waals surface area contributed by atoms with Crippen molar-refractivity contribution in [1.82, 2.24) is 5.32 Å². The van der Waals surface area contributed by atoms with Gasteiger partial charge in [0.1, 0.15) is 0 Å². The molecule has 0 bridgehead atoms. The van der Waals surface area contributed by atoms with Crippen LogP contribution in [0.1, 0.15) is 27.7 Å². The highest BCUT2D eigenvalue weighted by atomic mass is 16.5. The second-order valence-electron chi connectivity index (χ2n) is 4.82. The third kappa shape index (κ3) is 4.08. The van der Waals surface area contributed by atoms with Gasteiger partial charge in [-0.25, -0.2) is 0 Å². The summed E-state index contributed by atoms with van der Waals surface area (Å²) >= 11 is 0. The van der Waals surface area contributed by atoms with Crippen LogP contribution in [0.3, 0.4) is 0 Å². The molecule has 0 fully saturated rings. The Kier molecular flexibility index (Phi) is 5.92. The van der Waals surface area contributed by atoms with Crippen LogP contribution in [0.15, 0.2) is 0 Å². The summed E-state index contributed by atoms with van der Waals surface area (Å²) in [7, 11) is 0. The fourth-order valence-corrected chi connectivity index (χ4v) is 1.09. The van der Waals surface area contributed by atoms with Gasteiger partial charge in [-0.3, -0.25) is 4.79 Å². The number of carboxylic acids is 1. The van der Waals surface area contributed by atoms with Crippen molar-refractivity contribution >= 4 is 5.97 Å². The van der Waals surface area contributed by atoms with E-state index in [1.807, 2.05) is 13.8 Å². The van der Waals surface area contributed by atoms with Crippen molar-refractivity contribution in [2.45, 2.75) is 33.2 Å². The van der Waals surface area contributed by atoms with E-state index in [1.54, 1.807) is 13.8 Å². The standard InChI is InChI=1S/C11H23NO4/c1-10(2,9(14)15)11(3,4)12-5-7-16-8-6-13/h12-13H,5-8H2,1-4H3,(H,14,15). The van der Waals surface area contributed by atoms with E-state index in [0.717, 1.165) is 0 Å². The van der Waals surface area contributed by atoms with Gasteiger partial charge >= 0.3 is 5.97 Å². The van der Waals surface area contributed by atoms with Crippen molar-refractivity contribution in [2.75, 3.05) is 26.4 Å². The Morgan fingerprint density at radius 3 is 2.25 bits per heavy atom. The molecule has 0 heterocycles. The highest BCUT2D eigenvalue weighted by molar-refractivity contribution is 5.75. The highest BCUT2D eigenvalue weighted by Gasteiger charge is 2.42. The molecular formula is C11H23NO4. The Balaban J connectivity index is 4.09. The molecule has 0 rings (SSSR count). The average molecular weight is 233 g/mol. The maximum atomic E-state index is 11.1. The van der Waals surface area contributed by atoms with Gasteiger partial charge in [-0.15, -0.1) is 0 Å². The SMILES string of the molecule is CC(C)(NCCOCCO)C(C)(C)C(=O)O. The minimum Gasteiger partial charge on any atom is -0.481 e. The summed E-state index contributed by atoms with van der Waals surface area (Å²) in [6.45, 7) is 8.42.